The van der Waals surface area contributed by atoms with Crippen LogP contribution in [0.5, 0.6) is 0 Å². The van der Waals surface area contributed by atoms with E-state index in [1.807, 2.05) is 0 Å². The van der Waals surface area contributed by atoms with E-state index in [2.05, 4.69) is 6.92 Å². The molecular weight excluding hydrogens is 208 g/mol. The van der Waals surface area contributed by atoms with Crippen molar-refractivity contribution in [2.75, 3.05) is 6.58 Å². The summed E-state index contributed by atoms with van der Waals surface area (Å²) in [6, 6.07) is 0. The van der Waals surface area contributed by atoms with Gasteiger partial charge in [-0.15, -0.1) is 0 Å². The zero-order chi connectivity index (χ0) is 13.5. The summed E-state index contributed by atoms with van der Waals surface area (Å²) in [5, 5.41) is 8.80. The molecule has 0 radical (unpaired) electrons. The molecule has 0 saturated carbocycles. The molecule has 0 aliphatic rings. The van der Waals surface area contributed by atoms with E-state index in [1.54, 1.807) is 0 Å². The van der Waals surface area contributed by atoms with Gasteiger partial charge < -0.3 is 5.11 Å². The fourth-order valence-corrected chi connectivity index (χ4v) is 2.25. The van der Waals surface area contributed by atoms with Gasteiger partial charge >= 0.3 is 0 Å². The first-order chi connectivity index (χ1) is 8.77. The average Bonchev–Trinajstić information content (AvgIpc) is 2.34. The van der Waals surface area contributed by atoms with Gasteiger partial charge in [-0.1, -0.05) is 90.4 Å². The lowest BCUT2D eigenvalue weighted by Gasteiger charge is -2.02. The van der Waals surface area contributed by atoms with Crippen molar-refractivity contribution in [3.05, 3.63) is 0 Å². The maximum Gasteiger partial charge on any atom is 0.0564 e. The molecule has 0 rings (SSSR count). The van der Waals surface area contributed by atoms with E-state index in [1.165, 1.54) is 77.0 Å². The Hall–Kier alpha value is -0.0400. The van der Waals surface area contributed by atoms with Crippen molar-refractivity contribution in [2.24, 2.45) is 0 Å². The molecule has 0 heterocycles. The van der Waals surface area contributed by atoms with Crippen molar-refractivity contribution in [3.8, 4) is 0 Å². The summed E-state index contributed by atoms with van der Waals surface area (Å²) in [6.07, 6.45) is 18.1. The van der Waals surface area contributed by atoms with Crippen LogP contribution in [0.1, 0.15) is 98.2 Å². The van der Waals surface area contributed by atoms with Crippen molar-refractivity contribution in [2.45, 2.75) is 96.8 Å². The molecule has 104 valence electrons. The molecule has 0 fully saturated rings. The molecule has 1 unspecified atom stereocenters. The zero-order valence-corrected chi connectivity index (χ0v) is 11.9. The van der Waals surface area contributed by atoms with E-state index < -0.39 is 6.58 Å². The summed E-state index contributed by atoms with van der Waals surface area (Å²) in [5.41, 5.74) is 0. The number of aliphatic hydroxyl groups is 1. The van der Waals surface area contributed by atoms with Gasteiger partial charge in [-0.25, -0.2) is 0 Å². The zero-order valence-electron chi connectivity index (χ0n) is 12.9. The van der Waals surface area contributed by atoms with Gasteiger partial charge in [0.2, 0.25) is 0 Å². The molecular formula is C16H34O. The van der Waals surface area contributed by atoms with Crippen LogP contribution in [0.2, 0.25) is 0 Å². The van der Waals surface area contributed by atoms with Gasteiger partial charge in [0.15, 0.2) is 0 Å². The highest BCUT2D eigenvalue weighted by Crippen LogP contribution is 2.12. The minimum atomic E-state index is -0.849. The van der Waals surface area contributed by atoms with Crippen LogP contribution in [0, 0.1) is 0 Å². The van der Waals surface area contributed by atoms with Gasteiger partial charge in [0, 0.05) is 6.58 Å². The molecule has 0 aromatic heterocycles. The van der Waals surface area contributed by atoms with E-state index >= 15 is 0 Å². The first-order valence-corrected chi connectivity index (χ1v) is 7.87. The molecule has 0 amide bonds. The summed E-state index contributed by atoms with van der Waals surface area (Å²) in [6.45, 7) is 1.42. The minimum absolute atomic E-state index is 0.651. The summed E-state index contributed by atoms with van der Waals surface area (Å²) < 4.78 is 6.99. The van der Waals surface area contributed by atoms with Crippen molar-refractivity contribution in [3.63, 3.8) is 0 Å². The standard InChI is InChI=1S/C16H34O/c1-2-3-4-5-6-7-8-9-10-11-12-13-14-15-16-17/h17H,2-16H2,1H3/i16D. The Morgan fingerprint density at radius 2 is 0.882 bits per heavy atom. The lowest BCUT2D eigenvalue weighted by molar-refractivity contribution is 0.282. The number of hydrogen-bond acceptors (Lipinski definition) is 1. The van der Waals surface area contributed by atoms with Gasteiger partial charge in [0.05, 0.1) is 1.37 Å². The molecule has 17 heavy (non-hydrogen) atoms. The Balaban J connectivity index is 2.90. The predicted molar refractivity (Wildman–Crippen MR) is 77.4 cm³/mol. The van der Waals surface area contributed by atoms with Crippen molar-refractivity contribution in [1.29, 1.82) is 0 Å². The van der Waals surface area contributed by atoms with Gasteiger partial charge in [-0.3, -0.25) is 0 Å². The van der Waals surface area contributed by atoms with Gasteiger partial charge in [-0.05, 0) is 6.42 Å². The molecule has 1 nitrogen and oxygen atoms in total. The van der Waals surface area contributed by atoms with Crippen molar-refractivity contribution >= 4 is 0 Å². The Morgan fingerprint density at radius 1 is 0.588 bits per heavy atom. The highest BCUT2D eigenvalue weighted by atomic mass is 16.2. The van der Waals surface area contributed by atoms with Crippen LogP contribution in [-0.4, -0.2) is 11.7 Å². The maximum absolute atomic E-state index is 8.80. The third-order valence-electron chi connectivity index (χ3n) is 3.44. The van der Waals surface area contributed by atoms with Crippen LogP contribution < -0.4 is 0 Å². The van der Waals surface area contributed by atoms with Crippen LogP contribution in [0.3, 0.4) is 0 Å². The number of rotatable bonds is 14. The Morgan fingerprint density at radius 3 is 1.18 bits per heavy atom. The molecule has 0 spiro atoms. The van der Waals surface area contributed by atoms with Crippen LogP contribution >= 0.6 is 0 Å². The summed E-state index contributed by atoms with van der Waals surface area (Å²) >= 11 is 0. The lowest BCUT2D eigenvalue weighted by atomic mass is 10.0. The predicted octanol–water partition coefficient (Wildman–Crippen LogP) is 5.46. The van der Waals surface area contributed by atoms with E-state index in [4.69, 9.17) is 6.48 Å². The van der Waals surface area contributed by atoms with Crippen LogP contribution in [0.4, 0.5) is 0 Å². The van der Waals surface area contributed by atoms with Crippen molar-refractivity contribution in [1.82, 2.24) is 0 Å². The maximum atomic E-state index is 8.80. The number of unbranched alkanes of at least 4 members (excludes halogenated alkanes) is 12. The van der Waals surface area contributed by atoms with Crippen LogP contribution in [0.25, 0.3) is 0 Å². The third kappa shape index (κ3) is 16.0. The Kier molecular flexibility index (Phi) is 14.1. The highest BCUT2D eigenvalue weighted by molar-refractivity contribution is 4.48. The molecule has 1 N–H and O–H groups in total. The van der Waals surface area contributed by atoms with Crippen LogP contribution in [0.15, 0.2) is 0 Å². The SMILES string of the molecule is [2H]C(O)CCCCCCCCCCCCCCC. The second-order valence-electron chi connectivity index (χ2n) is 5.21. The van der Waals surface area contributed by atoms with Gasteiger partial charge in [-0.2, -0.15) is 0 Å². The summed E-state index contributed by atoms with van der Waals surface area (Å²) in [7, 11) is 0. The average molecular weight is 243 g/mol. The van der Waals surface area contributed by atoms with E-state index in [0.717, 1.165) is 6.42 Å². The van der Waals surface area contributed by atoms with Crippen LogP contribution in [-0.2, 0) is 0 Å². The molecule has 0 bridgehead atoms. The molecule has 0 aromatic carbocycles. The first-order valence-electron chi connectivity index (χ1n) is 8.45. The minimum Gasteiger partial charge on any atom is -0.396 e. The normalized spacial score (nSPS) is 13.6. The summed E-state index contributed by atoms with van der Waals surface area (Å²) in [4.78, 5) is 0. The highest BCUT2D eigenvalue weighted by Gasteiger charge is 1.93. The molecule has 1 atom stereocenters. The third-order valence-corrected chi connectivity index (χ3v) is 3.44. The molecule has 0 aliphatic heterocycles. The van der Waals surface area contributed by atoms with E-state index in [9.17, 15) is 0 Å². The van der Waals surface area contributed by atoms with E-state index in [0.29, 0.717) is 6.42 Å². The second-order valence-corrected chi connectivity index (χ2v) is 5.21. The summed E-state index contributed by atoms with van der Waals surface area (Å²) in [5.74, 6) is 0. The number of hydrogen-bond donors (Lipinski definition) is 1. The number of aliphatic hydroxyl groups excluding tert-OH is 1. The topological polar surface area (TPSA) is 20.2 Å². The molecule has 1 heteroatoms. The molecule has 0 aliphatic carbocycles. The smallest absolute Gasteiger partial charge is 0.0564 e. The quantitative estimate of drug-likeness (QED) is 0.402. The van der Waals surface area contributed by atoms with Crippen molar-refractivity contribution < 1.29 is 6.48 Å². The monoisotopic (exact) mass is 243 g/mol. The molecule has 0 aromatic rings. The molecule has 0 saturated heterocycles. The van der Waals surface area contributed by atoms with E-state index in [-0.39, 0.29) is 0 Å². The fourth-order valence-electron chi connectivity index (χ4n) is 2.25. The Labute approximate surface area is 110 Å². The Bertz CT molecular complexity index is 148. The van der Waals surface area contributed by atoms with Gasteiger partial charge in [0.1, 0.15) is 0 Å². The first kappa shape index (κ1) is 15.0. The lowest BCUT2D eigenvalue weighted by Crippen LogP contribution is -1.84. The largest absolute Gasteiger partial charge is 0.396 e. The fraction of sp³-hybridized carbons (Fsp3) is 1.00. The van der Waals surface area contributed by atoms with Gasteiger partial charge in [0.25, 0.3) is 0 Å². The second kappa shape index (κ2) is 16.0.